The van der Waals surface area contributed by atoms with E-state index < -0.39 is 23.4 Å². The van der Waals surface area contributed by atoms with Crippen molar-refractivity contribution in [1.29, 1.82) is 0 Å². The lowest BCUT2D eigenvalue weighted by atomic mass is 9.72. The monoisotopic (exact) mass is 631 g/mol. The minimum atomic E-state index is -0.847. The van der Waals surface area contributed by atoms with Crippen LogP contribution in [0.2, 0.25) is 10.0 Å². The van der Waals surface area contributed by atoms with Gasteiger partial charge in [-0.2, -0.15) is 0 Å². The van der Waals surface area contributed by atoms with E-state index in [0.717, 1.165) is 32.1 Å². The van der Waals surface area contributed by atoms with Gasteiger partial charge in [-0.25, -0.2) is 9.78 Å². The SMILES string of the molecule is Nc1nc(CC(=O)OCCSSCCOC(=O)NCC2(CC(=O)O)CCCCC2)nnc1-c1cccc(Cl)c1Cl. The molecule has 1 aromatic carbocycles. The Morgan fingerprint density at radius 1 is 1.05 bits per heavy atom. The fourth-order valence-corrected chi connectivity index (χ4v) is 6.38. The second-order valence-electron chi connectivity index (χ2n) is 9.23. The number of nitrogens with two attached hydrogens (primary N) is 1. The lowest BCUT2D eigenvalue weighted by molar-refractivity contribution is -0.142. The Labute approximate surface area is 250 Å². The normalized spacial score (nSPS) is 14.3. The molecule has 1 aromatic heterocycles. The summed E-state index contributed by atoms with van der Waals surface area (Å²) in [6.07, 6.45) is 3.94. The topological polar surface area (TPSA) is 167 Å². The second kappa shape index (κ2) is 16.1. The first-order chi connectivity index (χ1) is 19.2. The molecular weight excluding hydrogens is 601 g/mol. The number of esters is 1. The number of alkyl carbamates (subject to hydrolysis) is 1. The van der Waals surface area contributed by atoms with Crippen molar-refractivity contribution in [3.8, 4) is 11.3 Å². The van der Waals surface area contributed by atoms with Crippen molar-refractivity contribution in [2.75, 3.05) is 37.0 Å². The first kappa shape index (κ1) is 32.0. The van der Waals surface area contributed by atoms with Gasteiger partial charge in [-0.3, -0.25) is 9.59 Å². The van der Waals surface area contributed by atoms with E-state index in [0.29, 0.717) is 28.6 Å². The van der Waals surface area contributed by atoms with Crippen LogP contribution in [0.15, 0.2) is 18.2 Å². The van der Waals surface area contributed by atoms with Gasteiger partial charge in [0.05, 0.1) is 16.5 Å². The van der Waals surface area contributed by atoms with E-state index in [-0.39, 0.29) is 48.4 Å². The average Bonchev–Trinajstić information content (AvgIpc) is 2.91. The highest BCUT2D eigenvalue weighted by molar-refractivity contribution is 8.76. The molecule has 1 amide bonds. The van der Waals surface area contributed by atoms with E-state index in [9.17, 15) is 19.5 Å². The summed E-state index contributed by atoms with van der Waals surface area (Å²) >= 11 is 12.2. The van der Waals surface area contributed by atoms with Crippen molar-refractivity contribution < 1.29 is 29.0 Å². The number of carboxylic acids is 1. The molecule has 0 unspecified atom stereocenters. The highest BCUT2D eigenvalue weighted by Crippen LogP contribution is 2.39. The number of amides is 1. The van der Waals surface area contributed by atoms with Crippen LogP contribution in [0.1, 0.15) is 44.3 Å². The number of nitrogens with zero attached hydrogens (tertiary/aromatic N) is 3. The molecule has 3 rings (SSSR count). The summed E-state index contributed by atoms with van der Waals surface area (Å²) in [5.41, 5.74) is 6.36. The lowest BCUT2D eigenvalue weighted by Gasteiger charge is -2.36. The highest BCUT2D eigenvalue weighted by Gasteiger charge is 2.34. The maximum atomic E-state index is 12.1. The van der Waals surface area contributed by atoms with E-state index in [4.69, 9.17) is 38.4 Å². The number of ether oxygens (including phenoxy) is 2. The van der Waals surface area contributed by atoms with E-state index in [1.807, 2.05) is 0 Å². The van der Waals surface area contributed by atoms with Gasteiger partial charge in [0, 0.05) is 23.6 Å². The van der Waals surface area contributed by atoms with Crippen LogP contribution in [-0.4, -0.2) is 69.6 Å². The van der Waals surface area contributed by atoms with Gasteiger partial charge in [0.1, 0.15) is 25.3 Å². The number of nitrogens with one attached hydrogen (secondary N) is 1. The maximum absolute atomic E-state index is 12.1. The van der Waals surface area contributed by atoms with Crippen LogP contribution in [-0.2, 0) is 25.5 Å². The number of carboxylic acid groups (broad SMARTS) is 1. The molecule has 0 bridgehead atoms. The molecule has 2 aromatic rings. The number of halogens is 2. The summed E-state index contributed by atoms with van der Waals surface area (Å²) in [5, 5.41) is 20.6. The summed E-state index contributed by atoms with van der Waals surface area (Å²) in [4.78, 5) is 39.5. The van der Waals surface area contributed by atoms with Crippen LogP contribution in [0.5, 0.6) is 0 Å². The molecule has 1 aliphatic carbocycles. The minimum Gasteiger partial charge on any atom is -0.481 e. The smallest absolute Gasteiger partial charge is 0.407 e. The van der Waals surface area contributed by atoms with Crippen LogP contribution < -0.4 is 11.1 Å². The maximum Gasteiger partial charge on any atom is 0.407 e. The standard InChI is InChI=1S/C25H31Cl2N5O6S2/c26-17-6-4-5-16(21(17)27)22-23(28)30-18(31-32-22)13-20(35)37-9-11-39-40-12-10-38-24(36)29-15-25(14-19(33)34)7-2-1-3-8-25/h4-6H,1-3,7-15H2,(H,29,36)(H,33,34)(H2,28,30,31). The summed E-state index contributed by atoms with van der Waals surface area (Å²) in [7, 11) is 2.96. The van der Waals surface area contributed by atoms with Crippen molar-refractivity contribution in [3.05, 3.63) is 34.1 Å². The zero-order valence-corrected chi connectivity index (χ0v) is 24.8. The van der Waals surface area contributed by atoms with E-state index in [1.54, 1.807) is 18.2 Å². The highest BCUT2D eigenvalue weighted by atomic mass is 35.5. The van der Waals surface area contributed by atoms with Crippen LogP contribution in [0.3, 0.4) is 0 Å². The number of hydrogen-bond acceptors (Lipinski definition) is 11. The number of carbonyl (C=O) groups is 3. The number of anilines is 1. The summed E-state index contributed by atoms with van der Waals surface area (Å²) in [6.45, 7) is 0.694. The molecule has 15 heteroatoms. The third kappa shape index (κ3) is 10.2. The van der Waals surface area contributed by atoms with Gasteiger partial charge in [0.2, 0.25) is 0 Å². The van der Waals surface area contributed by atoms with Crippen LogP contribution in [0.25, 0.3) is 11.3 Å². The van der Waals surface area contributed by atoms with Gasteiger partial charge >= 0.3 is 18.0 Å². The first-order valence-electron chi connectivity index (χ1n) is 12.6. The summed E-state index contributed by atoms with van der Waals surface area (Å²) in [6, 6.07) is 5.03. The molecule has 218 valence electrons. The zero-order chi connectivity index (χ0) is 29.0. The molecule has 4 N–H and O–H groups in total. The van der Waals surface area contributed by atoms with Gasteiger partial charge < -0.3 is 25.6 Å². The molecule has 0 spiro atoms. The molecule has 0 atom stereocenters. The Kier molecular flexibility index (Phi) is 12.9. The number of hydrogen-bond donors (Lipinski definition) is 3. The third-order valence-corrected chi connectivity index (χ3v) is 9.38. The Balaban J connectivity index is 1.27. The fourth-order valence-electron chi connectivity index (χ4n) is 4.33. The molecule has 1 saturated carbocycles. The first-order valence-corrected chi connectivity index (χ1v) is 15.9. The van der Waals surface area contributed by atoms with Crippen molar-refractivity contribution in [2.24, 2.45) is 5.41 Å². The fraction of sp³-hybridized carbons (Fsp3) is 0.520. The molecule has 0 radical (unpaired) electrons. The van der Waals surface area contributed by atoms with Gasteiger partial charge in [0.25, 0.3) is 0 Å². The zero-order valence-electron chi connectivity index (χ0n) is 21.7. The van der Waals surface area contributed by atoms with Crippen molar-refractivity contribution in [2.45, 2.75) is 44.9 Å². The van der Waals surface area contributed by atoms with Crippen LogP contribution in [0, 0.1) is 5.41 Å². The molecule has 1 aliphatic rings. The molecule has 1 fully saturated rings. The van der Waals surface area contributed by atoms with Crippen molar-refractivity contribution in [3.63, 3.8) is 0 Å². The Morgan fingerprint density at radius 2 is 1.75 bits per heavy atom. The van der Waals surface area contributed by atoms with Gasteiger partial charge in [-0.05, 0) is 24.3 Å². The second-order valence-corrected chi connectivity index (χ2v) is 12.7. The van der Waals surface area contributed by atoms with Gasteiger partial charge in [-0.1, -0.05) is 76.2 Å². The average molecular weight is 633 g/mol. The summed E-state index contributed by atoms with van der Waals surface area (Å²) < 4.78 is 10.4. The number of rotatable bonds is 14. The minimum absolute atomic E-state index is 0.0495. The third-order valence-electron chi connectivity index (χ3n) is 6.23. The largest absolute Gasteiger partial charge is 0.481 e. The Hall–Kier alpha value is -2.48. The van der Waals surface area contributed by atoms with E-state index in [1.165, 1.54) is 21.6 Å². The van der Waals surface area contributed by atoms with Crippen LogP contribution in [0.4, 0.5) is 10.6 Å². The quantitative estimate of drug-likeness (QED) is 0.144. The predicted molar refractivity (Wildman–Crippen MR) is 156 cm³/mol. The van der Waals surface area contributed by atoms with E-state index >= 15 is 0 Å². The van der Waals surface area contributed by atoms with Gasteiger partial charge in [-0.15, -0.1) is 10.2 Å². The number of aromatic nitrogens is 3. The molecule has 1 heterocycles. The number of aliphatic carboxylic acids is 1. The van der Waals surface area contributed by atoms with E-state index in [2.05, 4.69) is 20.5 Å². The molecule has 11 nitrogen and oxygen atoms in total. The Morgan fingerprint density at radius 3 is 2.42 bits per heavy atom. The number of carbonyl (C=O) groups excluding carboxylic acids is 2. The number of benzene rings is 1. The molecule has 40 heavy (non-hydrogen) atoms. The van der Waals surface area contributed by atoms with Crippen molar-refractivity contribution in [1.82, 2.24) is 20.5 Å². The lowest BCUT2D eigenvalue weighted by Crippen LogP contribution is -2.40. The molecular formula is C25H31Cl2N5O6S2. The molecule has 0 aliphatic heterocycles. The van der Waals surface area contributed by atoms with Gasteiger partial charge in [0.15, 0.2) is 11.6 Å². The van der Waals surface area contributed by atoms with Crippen molar-refractivity contribution >= 4 is 68.6 Å². The molecule has 0 saturated heterocycles. The predicted octanol–water partition coefficient (Wildman–Crippen LogP) is 5.05. The Bertz CT molecular complexity index is 1190. The number of nitrogen functional groups attached to an aromatic ring is 1. The van der Waals surface area contributed by atoms with Crippen LogP contribution >= 0.6 is 44.8 Å². The summed E-state index contributed by atoms with van der Waals surface area (Å²) in [5.74, 6) is -0.0840.